The largest absolute Gasteiger partial charge is 0.250 e. The molecule has 0 amide bonds. The number of fused-ring (bicyclic) bond motifs is 1. The summed E-state index contributed by atoms with van der Waals surface area (Å²) >= 11 is 0. The van der Waals surface area contributed by atoms with Crippen LogP contribution in [-0.2, 0) is 6.54 Å². The van der Waals surface area contributed by atoms with Crippen LogP contribution in [0.3, 0.4) is 0 Å². The molecule has 1 aliphatic carbocycles. The van der Waals surface area contributed by atoms with Gasteiger partial charge in [0.25, 0.3) is 0 Å². The van der Waals surface area contributed by atoms with Gasteiger partial charge < -0.3 is 0 Å². The maximum atomic E-state index is 4.81. The predicted octanol–water partition coefficient (Wildman–Crippen LogP) is 3.22. The van der Waals surface area contributed by atoms with Gasteiger partial charge in [-0.2, -0.15) is 5.10 Å². The highest BCUT2D eigenvalue weighted by Crippen LogP contribution is 2.33. The van der Waals surface area contributed by atoms with E-state index in [1.54, 1.807) is 0 Å². The van der Waals surface area contributed by atoms with Crippen LogP contribution in [0.25, 0.3) is 0 Å². The summed E-state index contributed by atoms with van der Waals surface area (Å²) in [6.07, 6.45) is 9.29. The van der Waals surface area contributed by atoms with Crippen molar-refractivity contribution in [2.45, 2.75) is 70.3 Å². The van der Waals surface area contributed by atoms with E-state index < -0.39 is 0 Å². The Bertz CT molecular complexity index is 363. The maximum Gasteiger partial charge on any atom is 0.154 e. The normalized spacial score (nSPS) is 26.7. The standard InChI is InChI=1S/C13H21N3/c1-10-6-5-9-16-13(10)14-12(15-16)11-7-3-2-4-8-11/h10-11H,2-9H2,1H3. The van der Waals surface area contributed by atoms with Crippen molar-refractivity contribution in [2.75, 3.05) is 0 Å². The minimum absolute atomic E-state index is 0.610. The molecule has 1 aromatic rings. The molecule has 3 nitrogen and oxygen atoms in total. The van der Waals surface area contributed by atoms with Crippen molar-refractivity contribution in [1.29, 1.82) is 0 Å². The predicted molar refractivity (Wildman–Crippen MR) is 63.5 cm³/mol. The lowest BCUT2D eigenvalue weighted by Gasteiger charge is -2.18. The first-order valence-electron chi connectivity index (χ1n) is 6.79. The van der Waals surface area contributed by atoms with Crippen LogP contribution in [0.1, 0.15) is 75.4 Å². The average molecular weight is 219 g/mol. The zero-order valence-electron chi connectivity index (χ0n) is 10.2. The summed E-state index contributed by atoms with van der Waals surface area (Å²) in [5.41, 5.74) is 0. The monoisotopic (exact) mass is 219 g/mol. The van der Waals surface area contributed by atoms with Crippen LogP contribution >= 0.6 is 0 Å². The van der Waals surface area contributed by atoms with Crippen molar-refractivity contribution in [2.24, 2.45) is 0 Å². The summed E-state index contributed by atoms with van der Waals surface area (Å²) < 4.78 is 2.16. The third-order valence-corrected chi connectivity index (χ3v) is 4.13. The molecule has 0 spiro atoms. The highest BCUT2D eigenvalue weighted by atomic mass is 15.4. The second-order valence-corrected chi connectivity index (χ2v) is 5.43. The van der Waals surface area contributed by atoms with Crippen LogP contribution in [0.2, 0.25) is 0 Å². The van der Waals surface area contributed by atoms with E-state index in [-0.39, 0.29) is 0 Å². The zero-order chi connectivity index (χ0) is 11.0. The Hall–Kier alpha value is -0.860. The molecule has 0 radical (unpaired) electrons. The first-order chi connectivity index (χ1) is 7.84. The molecule has 88 valence electrons. The van der Waals surface area contributed by atoms with Gasteiger partial charge in [0.1, 0.15) is 5.82 Å². The Labute approximate surface area is 97.3 Å². The van der Waals surface area contributed by atoms with Crippen molar-refractivity contribution in [3.8, 4) is 0 Å². The minimum Gasteiger partial charge on any atom is -0.250 e. The quantitative estimate of drug-likeness (QED) is 0.726. The van der Waals surface area contributed by atoms with Crippen LogP contribution in [0.4, 0.5) is 0 Å². The number of aryl methyl sites for hydroxylation is 1. The van der Waals surface area contributed by atoms with Gasteiger partial charge in [-0.15, -0.1) is 0 Å². The molecular formula is C13H21N3. The highest BCUT2D eigenvalue weighted by Gasteiger charge is 2.25. The van der Waals surface area contributed by atoms with Gasteiger partial charge in [-0.1, -0.05) is 26.2 Å². The molecule has 1 aliphatic heterocycles. The van der Waals surface area contributed by atoms with E-state index in [4.69, 9.17) is 10.1 Å². The van der Waals surface area contributed by atoms with Gasteiger partial charge >= 0.3 is 0 Å². The zero-order valence-corrected chi connectivity index (χ0v) is 10.2. The van der Waals surface area contributed by atoms with Crippen LogP contribution in [0, 0.1) is 0 Å². The summed E-state index contributed by atoms with van der Waals surface area (Å²) in [7, 11) is 0. The molecule has 1 aromatic heterocycles. The molecule has 3 heteroatoms. The van der Waals surface area contributed by atoms with Crippen LogP contribution in [0.5, 0.6) is 0 Å². The smallest absolute Gasteiger partial charge is 0.154 e. The molecular weight excluding hydrogens is 198 g/mol. The lowest BCUT2D eigenvalue weighted by molar-refractivity contribution is 0.416. The minimum atomic E-state index is 0.610. The molecule has 1 atom stereocenters. The van der Waals surface area contributed by atoms with E-state index >= 15 is 0 Å². The molecule has 3 rings (SSSR count). The van der Waals surface area contributed by atoms with E-state index in [0.29, 0.717) is 11.8 Å². The summed E-state index contributed by atoms with van der Waals surface area (Å²) in [6.45, 7) is 3.36. The van der Waals surface area contributed by atoms with Crippen LogP contribution in [-0.4, -0.2) is 14.8 Å². The average Bonchev–Trinajstić information content (AvgIpc) is 2.76. The second kappa shape index (κ2) is 4.19. The molecule has 0 saturated heterocycles. The SMILES string of the molecule is CC1CCCn2nc(C3CCCCC3)nc21. The number of hydrogen-bond acceptors (Lipinski definition) is 2. The third-order valence-electron chi connectivity index (χ3n) is 4.13. The lowest BCUT2D eigenvalue weighted by atomic mass is 9.89. The van der Waals surface area contributed by atoms with Crippen molar-refractivity contribution >= 4 is 0 Å². The van der Waals surface area contributed by atoms with E-state index in [2.05, 4.69) is 11.6 Å². The Morgan fingerprint density at radius 3 is 2.62 bits per heavy atom. The first-order valence-corrected chi connectivity index (χ1v) is 6.79. The molecule has 0 aromatic carbocycles. The molecule has 1 unspecified atom stereocenters. The number of rotatable bonds is 1. The second-order valence-electron chi connectivity index (χ2n) is 5.43. The number of aromatic nitrogens is 3. The molecule has 2 heterocycles. The summed E-state index contributed by atoms with van der Waals surface area (Å²) in [5, 5.41) is 4.73. The Kier molecular flexibility index (Phi) is 2.70. The molecule has 0 N–H and O–H groups in total. The van der Waals surface area contributed by atoms with Crippen molar-refractivity contribution < 1.29 is 0 Å². The fraction of sp³-hybridized carbons (Fsp3) is 0.846. The summed E-state index contributed by atoms with van der Waals surface area (Å²) in [6, 6.07) is 0. The molecule has 0 bridgehead atoms. The van der Waals surface area contributed by atoms with Gasteiger partial charge in [-0.05, 0) is 25.7 Å². The lowest BCUT2D eigenvalue weighted by Crippen LogP contribution is -2.14. The number of hydrogen-bond donors (Lipinski definition) is 0. The van der Waals surface area contributed by atoms with Crippen molar-refractivity contribution in [3.63, 3.8) is 0 Å². The maximum absolute atomic E-state index is 4.81. The van der Waals surface area contributed by atoms with Crippen LogP contribution < -0.4 is 0 Å². The Morgan fingerprint density at radius 1 is 1.06 bits per heavy atom. The molecule has 16 heavy (non-hydrogen) atoms. The van der Waals surface area contributed by atoms with E-state index in [9.17, 15) is 0 Å². The van der Waals surface area contributed by atoms with Gasteiger partial charge in [-0.3, -0.25) is 0 Å². The highest BCUT2D eigenvalue weighted by molar-refractivity contribution is 5.05. The van der Waals surface area contributed by atoms with Gasteiger partial charge in [0.05, 0.1) is 0 Å². The van der Waals surface area contributed by atoms with Crippen molar-refractivity contribution in [3.05, 3.63) is 11.6 Å². The van der Waals surface area contributed by atoms with E-state index in [1.807, 2.05) is 0 Å². The van der Waals surface area contributed by atoms with Gasteiger partial charge in [0.15, 0.2) is 5.82 Å². The first kappa shape index (κ1) is 10.3. The Morgan fingerprint density at radius 2 is 1.88 bits per heavy atom. The summed E-state index contributed by atoms with van der Waals surface area (Å²) in [5.74, 6) is 3.65. The fourth-order valence-electron chi connectivity index (χ4n) is 3.11. The summed E-state index contributed by atoms with van der Waals surface area (Å²) in [4.78, 5) is 4.81. The van der Waals surface area contributed by atoms with Crippen LogP contribution in [0.15, 0.2) is 0 Å². The Balaban J connectivity index is 1.85. The molecule has 1 fully saturated rings. The van der Waals surface area contributed by atoms with Crippen molar-refractivity contribution in [1.82, 2.24) is 14.8 Å². The van der Waals surface area contributed by atoms with Gasteiger partial charge in [0.2, 0.25) is 0 Å². The van der Waals surface area contributed by atoms with E-state index in [1.165, 1.54) is 50.8 Å². The topological polar surface area (TPSA) is 30.7 Å². The van der Waals surface area contributed by atoms with E-state index in [0.717, 1.165) is 12.4 Å². The van der Waals surface area contributed by atoms with Gasteiger partial charge in [0, 0.05) is 18.4 Å². The molecule has 1 saturated carbocycles. The molecule has 2 aliphatic rings. The third kappa shape index (κ3) is 1.76. The van der Waals surface area contributed by atoms with Gasteiger partial charge in [-0.25, -0.2) is 9.67 Å². The number of nitrogens with zero attached hydrogens (tertiary/aromatic N) is 3. The fourth-order valence-corrected chi connectivity index (χ4v) is 3.11.